The van der Waals surface area contributed by atoms with Crippen molar-refractivity contribution in [1.29, 1.82) is 0 Å². The first kappa shape index (κ1) is 55.9. The number of Topliss-reactive ketones (excluding diaryl/α,β-unsaturated/α-hetero) is 1. The van der Waals surface area contributed by atoms with E-state index in [1.165, 1.54) is 48.0 Å². The summed E-state index contributed by atoms with van der Waals surface area (Å²) >= 11 is 11.8. The van der Waals surface area contributed by atoms with Crippen LogP contribution in [-0.4, -0.2) is 102 Å². The molecule has 4 fully saturated rings. The lowest BCUT2D eigenvalue weighted by Gasteiger charge is -2.45. The minimum absolute atomic E-state index is 0.000810. The van der Waals surface area contributed by atoms with Crippen molar-refractivity contribution in [1.82, 2.24) is 39.5 Å². The average Bonchev–Trinajstić information content (AvgIpc) is 4.35. The van der Waals surface area contributed by atoms with E-state index in [4.69, 9.17) is 28.9 Å². The van der Waals surface area contributed by atoms with Crippen molar-refractivity contribution in [3.8, 4) is 0 Å². The summed E-state index contributed by atoms with van der Waals surface area (Å²) in [6.07, 6.45) is 9.03. The van der Waals surface area contributed by atoms with E-state index in [2.05, 4.69) is 34.4 Å². The smallest absolute Gasteiger partial charge is 0.336 e. The number of nitrogens with zero attached hydrogens (tertiary/aromatic N) is 6. The Morgan fingerprint density at radius 2 is 1.01 bits per heavy atom. The molecule has 10 rings (SSSR count). The molecule has 2 saturated carbocycles. The van der Waals surface area contributed by atoms with Crippen LogP contribution in [0.5, 0.6) is 0 Å². The molecule has 0 spiro atoms. The number of hydrogen-bond acceptors (Lipinski definition) is 11. The van der Waals surface area contributed by atoms with Crippen LogP contribution in [0.15, 0.2) is 94.8 Å². The zero-order valence-corrected chi connectivity index (χ0v) is 45.1. The molecular weight excluding hydrogens is 1030 g/mol. The number of fused-ring (bicyclic) bond motifs is 2. The van der Waals surface area contributed by atoms with Gasteiger partial charge in [0.2, 0.25) is 11.8 Å². The third-order valence-corrected chi connectivity index (χ3v) is 14.5. The first-order chi connectivity index (χ1) is 36.6. The lowest BCUT2D eigenvalue weighted by Crippen LogP contribution is -2.56. The Kier molecular flexibility index (Phi) is 17.1. The summed E-state index contributed by atoms with van der Waals surface area (Å²) in [6, 6.07) is 19.4. The summed E-state index contributed by atoms with van der Waals surface area (Å²) in [5, 5.41) is 16.7. The molecule has 77 heavy (non-hydrogen) atoms. The molecule has 4 aromatic heterocycles. The summed E-state index contributed by atoms with van der Waals surface area (Å²) in [6.45, 7) is 11.1. The number of nitrogens with one attached hydrogen (secondary N) is 2. The number of ketones is 1. The van der Waals surface area contributed by atoms with E-state index in [9.17, 15) is 43.5 Å². The van der Waals surface area contributed by atoms with Crippen LogP contribution in [0.25, 0.3) is 22.1 Å². The Labute approximate surface area is 454 Å². The molecule has 2 aromatic carbocycles. The molecule has 0 radical (unpaired) electrons. The molecule has 6 aromatic rings. The number of aromatic carboxylic acids is 1. The molecule has 0 bridgehead atoms. The number of pyridine rings is 4. The minimum atomic E-state index is -1.24. The lowest BCUT2D eigenvalue weighted by atomic mass is 9.84. The van der Waals surface area contributed by atoms with Crippen LogP contribution in [-0.2, 0) is 35.8 Å². The zero-order valence-electron chi connectivity index (χ0n) is 43.6. The van der Waals surface area contributed by atoms with E-state index in [1.807, 2.05) is 13.8 Å². The van der Waals surface area contributed by atoms with Crippen molar-refractivity contribution in [3.63, 3.8) is 0 Å². The molecule has 0 unspecified atom stereocenters. The number of benzene rings is 2. The summed E-state index contributed by atoms with van der Waals surface area (Å²) in [4.78, 5) is 116. The molecule has 2 aliphatic heterocycles. The predicted molar refractivity (Wildman–Crippen MR) is 293 cm³/mol. The Bertz CT molecular complexity index is 3370. The van der Waals surface area contributed by atoms with Gasteiger partial charge in [0.1, 0.15) is 35.5 Å². The van der Waals surface area contributed by atoms with Gasteiger partial charge in [0, 0.05) is 84.5 Å². The number of carbonyl (C=O) groups is 6. The van der Waals surface area contributed by atoms with Gasteiger partial charge in [0.05, 0.1) is 5.56 Å². The number of rotatable bonds is 16. The third-order valence-electron chi connectivity index (χ3n) is 14.0. The van der Waals surface area contributed by atoms with Gasteiger partial charge in [-0.3, -0.25) is 42.7 Å². The van der Waals surface area contributed by atoms with E-state index < -0.39 is 28.9 Å². The van der Waals surface area contributed by atoms with Crippen LogP contribution in [0.3, 0.4) is 0 Å². The Hall–Kier alpha value is -7.28. The molecule has 4 aliphatic rings. The van der Waals surface area contributed by atoms with Gasteiger partial charge < -0.3 is 31.3 Å². The van der Waals surface area contributed by atoms with Gasteiger partial charge in [-0.2, -0.15) is 0 Å². The predicted octanol–water partition coefficient (Wildman–Crippen LogP) is 7.12. The van der Waals surface area contributed by atoms with Crippen molar-refractivity contribution in [2.75, 3.05) is 32.7 Å². The molecule has 404 valence electrons. The summed E-state index contributed by atoms with van der Waals surface area (Å²) in [5.74, 6) is -1.58. The van der Waals surface area contributed by atoms with Crippen molar-refractivity contribution in [2.24, 2.45) is 28.4 Å². The Morgan fingerprint density at radius 1 is 0.610 bits per heavy atom. The van der Waals surface area contributed by atoms with E-state index in [0.717, 1.165) is 47.4 Å². The molecule has 2 saturated heterocycles. The fourth-order valence-corrected chi connectivity index (χ4v) is 9.62. The normalized spacial score (nSPS) is 15.9. The van der Waals surface area contributed by atoms with Gasteiger partial charge in [-0.25, -0.2) is 14.8 Å². The largest absolute Gasteiger partial charge is 0.478 e. The number of carbonyl (C=O) groups excluding carboxylic acids is 5. The number of amides is 4. The van der Waals surface area contributed by atoms with Crippen molar-refractivity contribution in [3.05, 3.63) is 149 Å². The number of aromatic nitrogens is 4. The summed E-state index contributed by atoms with van der Waals surface area (Å²) < 4.78 is 2.31. The molecule has 4 amide bonds. The minimum Gasteiger partial charge on any atom is -0.478 e. The van der Waals surface area contributed by atoms with Crippen LogP contribution >= 0.6 is 23.2 Å². The Morgan fingerprint density at radius 3 is 1.38 bits per heavy atom. The number of hydrogen-bond donors (Lipinski definition) is 4. The maximum absolute atomic E-state index is 13.6. The van der Waals surface area contributed by atoms with E-state index >= 15 is 0 Å². The highest BCUT2D eigenvalue weighted by molar-refractivity contribution is 6.30. The average molecular weight is 1090 g/mol. The lowest BCUT2D eigenvalue weighted by molar-refractivity contribution is -0.142. The molecule has 5 N–H and O–H groups in total. The van der Waals surface area contributed by atoms with Crippen LogP contribution in [0.1, 0.15) is 119 Å². The maximum atomic E-state index is 13.6. The molecule has 2 aliphatic carbocycles. The summed E-state index contributed by atoms with van der Waals surface area (Å²) in [7, 11) is 0. The second kappa shape index (κ2) is 23.5. The summed E-state index contributed by atoms with van der Waals surface area (Å²) in [5.41, 5.74) is 5.67. The topological polar surface area (TPSA) is 249 Å². The van der Waals surface area contributed by atoms with Crippen LogP contribution in [0.4, 0.5) is 0 Å². The number of halogens is 2. The van der Waals surface area contributed by atoms with E-state index in [1.54, 1.807) is 64.4 Å². The highest BCUT2D eigenvalue weighted by Crippen LogP contribution is 2.35. The number of carboxylic acid groups (broad SMARTS) is 1. The van der Waals surface area contributed by atoms with Crippen LogP contribution in [0.2, 0.25) is 10.0 Å². The fourth-order valence-electron chi connectivity index (χ4n) is 9.37. The molecule has 18 nitrogen and oxygen atoms in total. The number of carboxylic acids is 1. The van der Waals surface area contributed by atoms with Crippen LogP contribution < -0.4 is 27.5 Å². The number of likely N-dealkylation sites (tertiary alicyclic amines) is 2. The molecule has 6 heterocycles. The van der Waals surface area contributed by atoms with Crippen molar-refractivity contribution in [2.45, 2.75) is 92.4 Å². The van der Waals surface area contributed by atoms with Gasteiger partial charge in [-0.05, 0) is 108 Å². The molecular formula is C57H63Cl2N9O9. The van der Waals surface area contributed by atoms with Gasteiger partial charge in [-0.1, -0.05) is 88.0 Å². The van der Waals surface area contributed by atoms with E-state index in [-0.39, 0.29) is 88.0 Å². The van der Waals surface area contributed by atoms with E-state index in [0.29, 0.717) is 59.5 Å². The standard InChI is InChI=1S/C29H31ClN4O4.C24H23ClN4O5.C4H9N/c1-29(2)16-33(17-29)25(36)15-34-26-22(21(11-12-31-26)24(35)10-7-18-3-4-18)13-23(28(34)38)27(37)32-14-19-5-8-20(30)9-6-19;1-24(2)12-28(13-24)19(30)11-29-20-17(16(23(33)34)7-8-26-20)9-18(22(29)32)21(31)27-10-14-3-5-15(25)6-4-14;5-3-4-1-2-4/h5-6,8-9,11-13,18H,3-4,7,10,14-17H2,1-2H3,(H,32,37);3-9H,10-13H2,1-2H3,(H,27,31)(H,33,34);4H,1-3,5H2. The highest BCUT2D eigenvalue weighted by Gasteiger charge is 2.39. The monoisotopic (exact) mass is 1090 g/mol. The van der Waals surface area contributed by atoms with Gasteiger partial charge >= 0.3 is 5.97 Å². The highest BCUT2D eigenvalue weighted by atomic mass is 35.5. The Balaban J connectivity index is 0.000000187. The first-order valence-electron chi connectivity index (χ1n) is 25.7. The second-order valence-corrected chi connectivity index (χ2v) is 22.8. The van der Waals surface area contributed by atoms with Crippen LogP contribution in [0, 0.1) is 22.7 Å². The first-order valence-corrected chi connectivity index (χ1v) is 26.5. The fraction of sp³-hybridized carbons (Fsp3) is 0.404. The SMILES string of the molecule is CC1(C)CN(C(=O)Cn2c(=O)c(C(=O)NCc3ccc(Cl)cc3)cc3c(C(=O)CCC4CC4)ccnc32)C1.CC1(C)CN(C(=O)Cn2c(=O)c(C(=O)NCc3ccc(Cl)cc3)cc3c(C(=O)O)ccnc32)C1.NCC1CC1. The van der Waals surface area contributed by atoms with Crippen molar-refractivity contribution < 1.29 is 33.9 Å². The van der Waals surface area contributed by atoms with Crippen molar-refractivity contribution >= 4 is 80.6 Å². The third kappa shape index (κ3) is 14.0. The molecule has 0 atom stereocenters. The molecule has 20 heteroatoms. The maximum Gasteiger partial charge on any atom is 0.336 e. The van der Waals surface area contributed by atoms with Gasteiger partial charge in [0.25, 0.3) is 22.9 Å². The van der Waals surface area contributed by atoms with Gasteiger partial charge in [0.15, 0.2) is 5.78 Å². The number of nitrogens with two attached hydrogens (primary N) is 1. The second-order valence-electron chi connectivity index (χ2n) is 21.9. The quantitative estimate of drug-likeness (QED) is 0.0708. The van der Waals surface area contributed by atoms with Gasteiger partial charge in [-0.15, -0.1) is 0 Å². The zero-order chi connectivity index (χ0) is 55.3.